The SMILES string of the molecule is C[C@@]12C(=O)N(CCCCN3CCN(c4ncccn4)CC3)C(=O)[C@]1(C)[C@@H]1CC[C@H]2C1. The number of nitrogens with zero attached hydrogens (tertiary/aromatic N) is 5. The number of unbranched alkanes of at least 4 members (excludes halogenated alkanes) is 1. The second-order valence-electron chi connectivity index (χ2n) is 9.96. The molecule has 2 aliphatic carbocycles. The molecule has 4 aliphatic rings. The van der Waals surface area contributed by atoms with Crippen LogP contribution in [0.2, 0.25) is 0 Å². The van der Waals surface area contributed by atoms with Gasteiger partial charge < -0.3 is 4.90 Å². The van der Waals surface area contributed by atoms with Crippen molar-refractivity contribution in [2.75, 3.05) is 44.2 Å². The molecule has 2 saturated carbocycles. The van der Waals surface area contributed by atoms with Crippen LogP contribution in [-0.4, -0.2) is 70.9 Å². The molecule has 5 rings (SSSR count). The zero-order chi connectivity index (χ0) is 20.9. The van der Waals surface area contributed by atoms with Gasteiger partial charge in [0.2, 0.25) is 17.8 Å². The average Bonchev–Trinajstić information content (AvgIpc) is 3.39. The molecule has 1 aromatic rings. The highest BCUT2D eigenvalue weighted by molar-refractivity contribution is 6.10. The van der Waals surface area contributed by atoms with Gasteiger partial charge in [-0.15, -0.1) is 0 Å². The molecular formula is C23H33N5O2. The normalized spacial score (nSPS) is 36.1. The summed E-state index contributed by atoms with van der Waals surface area (Å²) >= 11 is 0. The number of aromatic nitrogens is 2. The summed E-state index contributed by atoms with van der Waals surface area (Å²) in [5.74, 6) is 1.83. The van der Waals surface area contributed by atoms with E-state index in [0.717, 1.165) is 70.8 Å². The van der Waals surface area contributed by atoms with E-state index in [0.29, 0.717) is 18.4 Å². The average molecular weight is 412 g/mol. The predicted octanol–water partition coefficient (Wildman–Crippen LogP) is 2.19. The minimum absolute atomic E-state index is 0.110. The molecule has 4 fully saturated rings. The lowest BCUT2D eigenvalue weighted by atomic mass is 9.59. The summed E-state index contributed by atoms with van der Waals surface area (Å²) in [6.07, 6.45) is 8.78. The van der Waals surface area contributed by atoms with Crippen LogP contribution in [-0.2, 0) is 9.59 Å². The molecule has 0 unspecified atom stereocenters. The van der Waals surface area contributed by atoms with Gasteiger partial charge in [0.1, 0.15) is 0 Å². The first-order valence-electron chi connectivity index (χ1n) is 11.6. The zero-order valence-electron chi connectivity index (χ0n) is 18.2. The van der Waals surface area contributed by atoms with E-state index in [9.17, 15) is 9.59 Å². The number of fused-ring (bicyclic) bond motifs is 5. The minimum Gasteiger partial charge on any atom is -0.338 e. The summed E-state index contributed by atoms with van der Waals surface area (Å²) in [6, 6.07) is 1.84. The summed E-state index contributed by atoms with van der Waals surface area (Å²) < 4.78 is 0. The van der Waals surface area contributed by atoms with Crippen molar-refractivity contribution in [3.05, 3.63) is 18.5 Å². The number of rotatable bonds is 6. The molecule has 0 spiro atoms. The third-order valence-electron chi connectivity index (χ3n) is 8.84. The number of piperazine rings is 1. The lowest BCUT2D eigenvalue weighted by Crippen LogP contribution is -2.47. The molecular weight excluding hydrogens is 378 g/mol. The van der Waals surface area contributed by atoms with Crippen molar-refractivity contribution < 1.29 is 9.59 Å². The third-order valence-corrected chi connectivity index (χ3v) is 8.84. The summed E-state index contributed by atoms with van der Waals surface area (Å²) in [6.45, 7) is 9.62. The maximum Gasteiger partial charge on any atom is 0.236 e. The summed E-state index contributed by atoms with van der Waals surface area (Å²) in [5, 5.41) is 0. The van der Waals surface area contributed by atoms with E-state index in [-0.39, 0.29) is 11.8 Å². The highest BCUT2D eigenvalue weighted by Crippen LogP contribution is 2.70. The number of hydrogen-bond donors (Lipinski definition) is 0. The van der Waals surface area contributed by atoms with Gasteiger partial charge in [-0.05, 0) is 70.4 Å². The molecule has 3 heterocycles. The van der Waals surface area contributed by atoms with Crippen LogP contribution in [0.4, 0.5) is 5.95 Å². The summed E-state index contributed by atoms with van der Waals surface area (Å²) in [7, 11) is 0. The van der Waals surface area contributed by atoms with Crippen LogP contribution in [0, 0.1) is 22.7 Å². The predicted molar refractivity (Wildman–Crippen MR) is 114 cm³/mol. The Morgan fingerprint density at radius 2 is 1.47 bits per heavy atom. The molecule has 2 saturated heterocycles. The quantitative estimate of drug-likeness (QED) is 0.528. The molecule has 1 aromatic heterocycles. The Labute approximate surface area is 178 Å². The van der Waals surface area contributed by atoms with Gasteiger partial charge in [-0.2, -0.15) is 0 Å². The fraction of sp³-hybridized carbons (Fsp3) is 0.739. The smallest absolute Gasteiger partial charge is 0.236 e. The van der Waals surface area contributed by atoms with Gasteiger partial charge >= 0.3 is 0 Å². The summed E-state index contributed by atoms with van der Waals surface area (Å²) in [5.41, 5.74) is -0.911. The Balaban J connectivity index is 1.10. The molecule has 2 bridgehead atoms. The highest BCUT2D eigenvalue weighted by Gasteiger charge is 2.75. The van der Waals surface area contributed by atoms with Crippen LogP contribution in [0.15, 0.2) is 18.5 Å². The van der Waals surface area contributed by atoms with Crippen molar-refractivity contribution >= 4 is 17.8 Å². The number of hydrogen-bond acceptors (Lipinski definition) is 6. The minimum atomic E-state index is -0.456. The molecule has 7 heteroatoms. The first-order chi connectivity index (χ1) is 14.5. The third kappa shape index (κ3) is 2.74. The van der Waals surface area contributed by atoms with E-state index >= 15 is 0 Å². The van der Waals surface area contributed by atoms with Crippen LogP contribution in [0.1, 0.15) is 46.0 Å². The molecule has 0 radical (unpaired) electrons. The number of carbonyl (C=O) groups excluding carboxylic acids is 2. The van der Waals surface area contributed by atoms with Gasteiger partial charge in [-0.25, -0.2) is 9.97 Å². The molecule has 30 heavy (non-hydrogen) atoms. The van der Waals surface area contributed by atoms with Crippen molar-refractivity contribution in [3.8, 4) is 0 Å². The standard InChI is InChI=1S/C23H33N5O2/c1-22-17-6-7-18(16-17)23(22,2)20(30)28(19(22)29)11-4-3-10-26-12-14-27(15-13-26)21-24-8-5-9-25-21/h5,8-9,17-18H,3-4,6-7,10-16H2,1-2H3/t17-,18+,22+,23-. The lowest BCUT2D eigenvalue weighted by Gasteiger charge is -2.39. The maximum atomic E-state index is 13.3. The van der Waals surface area contributed by atoms with Crippen molar-refractivity contribution in [3.63, 3.8) is 0 Å². The number of amides is 2. The molecule has 162 valence electrons. The Kier molecular flexibility index (Phi) is 4.84. The molecule has 2 aliphatic heterocycles. The Bertz CT molecular complexity index is 790. The Morgan fingerprint density at radius 1 is 0.900 bits per heavy atom. The van der Waals surface area contributed by atoms with E-state index in [1.807, 2.05) is 6.07 Å². The zero-order valence-corrected chi connectivity index (χ0v) is 18.2. The molecule has 0 aromatic carbocycles. The largest absolute Gasteiger partial charge is 0.338 e. The lowest BCUT2D eigenvalue weighted by molar-refractivity contribution is -0.142. The van der Waals surface area contributed by atoms with E-state index < -0.39 is 10.8 Å². The maximum absolute atomic E-state index is 13.3. The van der Waals surface area contributed by atoms with Gasteiger partial charge in [0.25, 0.3) is 0 Å². The Hall–Kier alpha value is -2.02. The van der Waals surface area contributed by atoms with Crippen molar-refractivity contribution in [1.29, 1.82) is 0 Å². The second kappa shape index (κ2) is 7.29. The van der Waals surface area contributed by atoms with E-state index in [1.54, 1.807) is 17.3 Å². The molecule has 7 nitrogen and oxygen atoms in total. The van der Waals surface area contributed by atoms with Crippen LogP contribution < -0.4 is 4.90 Å². The molecule has 0 N–H and O–H groups in total. The highest BCUT2D eigenvalue weighted by atomic mass is 16.2. The van der Waals surface area contributed by atoms with Crippen LogP contribution in [0.3, 0.4) is 0 Å². The first-order valence-corrected chi connectivity index (χ1v) is 11.6. The Morgan fingerprint density at radius 3 is 2.07 bits per heavy atom. The molecule has 2 amide bonds. The fourth-order valence-electron chi connectivity index (χ4n) is 6.76. The van der Waals surface area contributed by atoms with Crippen LogP contribution in [0.25, 0.3) is 0 Å². The van der Waals surface area contributed by atoms with Gasteiger partial charge in [-0.1, -0.05) is 0 Å². The number of carbonyl (C=O) groups is 2. The van der Waals surface area contributed by atoms with Gasteiger partial charge in [0, 0.05) is 45.1 Å². The monoisotopic (exact) mass is 411 g/mol. The van der Waals surface area contributed by atoms with Crippen molar-refractivity contribution in [2.45, 2.75) is 46.0 Å². The van der Waals surface area contributed by atoms with Gasteiger partial charge in [-0.3, -0.25) is 19.4 Å². The topological polar surface area (TPSA) is 69.6 Å². The number of imide groups is 1. The first kappa shape index (κ1) is 19.9. The van der Waals surface area contributed by atoms with Crippen LogP contribution in [0.5, 0.6) is 0 Å². The van der Waals surface area contributed by atoms with Gasteiger partial charge in [0.15, 0.2) is 0 Å². The van der Waals surface area contributed by atoms with Gasteiger partial charge in [0.05, 0.1) is 10.8 Å². The number of anilines is 1. The van der Waals surface area contributed by atoms with Crippen LogP contribution >= 0.6 is 0 Å². The fourth-order valence-corrected chi connectivity index (χ4v) is 6.76. The van der Waals surface area contributed by atoms with E-state index in [4.69, 9.17) is 0 Å². The molecule has 4 atom stereocenters. The second-order valence-corrected chi connectivity index (χ2v) is 9.96. The van der Waals surface area contributed by atoms with E-state index in [2.05, 4.69) is 33.6 Å². The number of likely N-dealkylation sites (tertiary alicyclic amines) is 1. The van der Waals surface area contributed by atoms with E-state index in [1.165, 1.54) is 0 Å². The summed E-state index contributed by atoms with van der Waals surface area (Å²) in [4.78, 5) is 41.5. The van der Waals surface area contributed by atoms with Crippen molar-refractivity contribution in [1.82, 2.24) is 19.8 Å². The van der Waals surface area contributed by atoms with Crippen molar-refractivity contribution in [2.24, 2.45) is 22.7 Å².